The Hall–Kier alpha value is -2.17. The highest BCUT2D eigenvalue weighted by molar-refractivity contribution is 8.01. The van der Waals surface area contributed by atoms with E-state index in [9.17, 15) is 14.4 Å². The van der Waals surface area contributed by atoms with Crippen molar-refractivity contribution in [1.29, 1.82) is 0 Å². The van der Waals surface area contributed by atoms with E-state index in [1.54, 1.807) is 0 Å². The molecular formula is C19H22N4O4S2. The second-order valence-electron chi connectivity index (χ2n) is 7.11. The molecule has 2 fully saturated rings. The van der Waals surface area contributed by atoms with Gasteiger partial charge in [-0.1, -0.05) is 11.8 Å². The van der Waals surface area contributed by atoms with Crippen LogP contribution in [0.4, 0.5) is 5.69 Å². The van der Waals surface area contributed by atoms with Gasteiger partial charge < -0.3 is 20.7 Å². The van der Waals surface area contributed by atoms with Crippen LogP contribution < -0.4 is 16.0 Å². The van der Waals surface area contributed by atoms with Crippen LogP contribution in [0.2, 0.25) is 0 Å². The van der Waals surface area contributed by atoms with Crippen molar-refractivity contribution in [3.05, 3.63) is 18.2 Å². The Labute approximate surface area is 176 Å². The average Bonchev–Trinajstić information content (AvgIpc) is 3.36. The molecule has 0 bridgehead atoms. The molecule has 1 aromatic carbocycles. The third kappa shape index (κ3) is 5.26. The molecule has 3 heterocycles. The summed E-state index contributed by atoms with van der Waals surface area (Å²) in [4.78, 5) is 40.2. The van der Waals surface area contributed by atoms with Crippen LogP contribution in [0.5, 0.6) is 0 Å². The van der Waals surface area contributed by atoms with Crippen molar-refractivity contribution in [3.63, 3.8) is 0 Å². The van der Waals surface area contributed by atoms with Crippen molar-refractivity contribution < 1.29 is 19.1 Å². The molecule has 3 amide bonds. The quantitative estimate of drug-likeness (QED) is 0.598. The summed E-state index contributed by atoms with van der Waals surface area (Å²) in [5.74, 6) is -0.00341. The van der Waals surface area contributed by atoms with Crippen molar-refractivity contribution in [2.45, 2.75) is 29.6 Å². The minimum atomic E-state index is -0.209. The molecule has 2 unspecified atom stereocenters. The standard InChI is InChI=1S/C19H22N4O4S2/c24-16-4-1-11(8-20-16)18(26)22-12-2-3-14-15(7-12)29-19(23-14)28-10-17(25)21-13-5-6-27-9-13/h2-3,7,11,13H,1,4-6,8-10H2,(H,20,24)(H,21,25)(H,22,26). The predicted molar refractivity (Wildman–Crippen MR) is 112 cm³/mol. The molecule has 3 N–H and O–H groups in total. The normalized spacial score (nSPS) is 21.7. The molecule has 2 aromatic rings. The maximum atomic E-state index is 12.4. The average molecular weight is 435 g/mol. The fourth-order valence-electron chi connectivity index (χ4n) is 3.29. The molecule has 1 aromatic heterocycles. The lowest BCUT2D eigenvalue weighted by Gasteiger charge is -2.21. The monoisotopic (exact) mass is 434 g/mol. The smallest absolute Gasteiger partial charge is 0.230 e. The van der Waals surface area contributed by atoms with Crippen molar-refractivity contribution in [2.24, 2.45) is 5.92 Å². The summed E-state index contributed by atoms with van der Waals surface area (Å²) >= 11 is 2.91. The number of aromatic nitrogens is 1. The zero-order chi connectivity index (χ0) is 20.2. The van der Waals surface area contributed by atoms with Gasteiger partial charge in [-0.2, -0.15) is 0 Å². The molecule has 0 spiro atoms. The number of piperidine rings is 1. The molecule has 2 atom stereocenters. The van der Waals surface area contributed by atoms with Crippen LogP contribution in [0.3, 0.4) is 0 Å². The van der Waals surface area contributed by atoms with Crippen LogP contribution in [0, 0.1) is 5.92 Å². The van der Waals surface area contributed by atoms with E-state index in [2.05, 4.69) is 20.9 Å². The fourth-order valence-corrected chi connectivity index (χ4v) is 5.21. The zero-order valence-electron chi connectivity index (χ0n) is 15.7. The molecule has 10 heteroatoms. The second kappa shape index (κ2) is 9.10. The lowest BCUT2D eigenvalue weighted by molar-refractivity contribution is -0.126. The summed E-state index contributed by atoms with van der Waals surface area (Å²) in [6.07, 6.45) is 1.81. The number of ether oxygens (including phenoxy) is 1. The molecule has 2 saturated heterocycles. The molecule has 8 nitrogen and oxygen atoms in total. The SMILES string of the molecule is O=C1CCC(C(=O)Nc2ccc3nc(SCC(=O)NC4CCOC4)sc3c2)CN1. The lowest BCUT2D eigenvalue weighted by atomic mass is 9.98. The van der Waals surface area contributed by atoms with E-state index in [1.807, 2.05) is 18.2 Å². The summed E-state index contributed by atoms with van der Waals surface area (Å²) in [7, 11) is 0. The third-order valence-corrected chi connectivity index (χ3v) is 7.06. The van der Waals surface area contributed by atoms with Crippen LogP contribution in [0.25, 0.3) is 10.2 Å². The van der Waals surface area contributed by atoms with Crippen LogP contribution in [-0.4, -0.2) is 54.3 Å². The molecule has 2 aliphatic heterocycles. The van der Waals surface area contributed by atoms with E-state index in [0.29, 0.717) is 44.0 Å². The molecule has 0 radical (unpaired) electrons. The number of hydrogen-bond acceptors (Lipinski definition) is 7. The first-order valence-electron chi connectivity index (χ1n) is 9.55. The maximum Gasteiger partial charge on any atom is 0.230 e. The minimum Gasteiger partial charge on any atom is -0.379 e. The van der Waals surface area contributed by atoms with Crippen molar-refractivity contribution >= 4 is 56.7 Å². The number of thioether (sulfide) groups is 1. The highest BCUT2D eigenvalue weighted by Gasteiger charge is 2.24. The van der Waals surface area contributed by atoms with Gasteiger partial charge in [-0.25, -0.2) is 4.98 Å². The first kappa shape index (κ1) is 20.1. The first-order chi connectivity index (χ1) is 14.1. The van der Waals surface area contributed by atoms with Gasteiger partial charge in [0.05, 0.1) is 34.5 Å². The summed E-state index contributed by atoms with van der Waals surface area (Å²) in [5.41, 5.74) is 1.55. The Balaban J connectivity index is 1.33. The fraction of sp³-hybridized carbons (Fsp3) is 0.474. The van der Waals surface area contributed by atoms with Gasteiger partial charge in [-0.05, 0) is 31.0 Å². The summed E-state index contributed by atoms with van der Waals surface area (Å²) in [6, 6.07) is 5.70. The largest absolute Gasteiger partial charge is 0.379 e. The van der Waals surface area contributed by atoms with Crippen LogP contribution in [-0.2, 0) is 19.1 Å². The Bertz CT molecular complexity index is 916. The van der Waals surface area contributed by atoms with Crippen LogP contribution in [0.1, 0.15) is 19.3 Å². The molecule has 4 rings (SSSR count). The van der Waals surface area contributed by atoms with E-state index < -0.39 is 0 Å². The van der Waals surface area contributed by atoms with Crippen LogP contribution in [0.15, 0.2) is 22.5 Å². The van der Waals surface area contributed by atoms with E-state index in [1.165, 1.54) is 23.1 Å². The molecule has 0 saturated carbocycles. The van der Waals surface area contributed by atoms with Gasteiger partial charge in [0.2, 0.25) is 17.7 Å². The first-order valence-corrected chi connectivity index (χ1v) is 11.3. The number of anilines is 1. The number of hydrogen-bond donors (Lipinski definition) is 3. The maximum absolute atomic E-state index is 12.4. The van der Waals surface area contributed by atoms with Gasteiger partial charge in [0, 0.05) is 25.3 Å². The van der Waals surface area contributed by atoms with E-state index >= 15 is 0 Å². The highest BCUT2D eigenvalue weighted by Crippen LogP contribution is 2.31. The van der Waals surface area contributed by atoms with Gasteiger partial charge >= 0.3 is 0 Å². The molecule has 2 aliphatic rings. The number of benzene rings is 1. The number of nitrogens with one attached hydrogen (secondary N) is 3. The molecule has 154 valence electrons. The second-order valence-corrected chi connectivity index (χ2v) is 9.36. The Morgan fingerprint density at radius 2 is 2.24 bits per heavy atom. The van der Waals surface area contributed by atoms with Crippen molar-refractivity contribution in [3.8, 4) is 0 Å². The molecular weight excluding hydrogens is 412 g/mol. The molecule has 0 aliphatic carbocycles. The number of amides is 3. The van der Waals surface area contributed by atoms with E-state index in [-0.39, 0.29) is 29.7 Å². The Morgan fingerprint density at radius 1 is 1.34 bits per heavy atom. The van der Waals surface area contributed by atoms with Gasteiger partial charge in [0.1, 0.15) is 0 Å². The number of carbonyl (C=O) groups is 3. The summed E-state index contributed by atoms with van der Waals surface area (Å²) < 4.78 is 7.03. The molecule has 29 heavy (non-hydrogen) atoms. The van der Waals surface area contributed by atoms with E-state index in [4.69, 9.17) is 4.74 Å². The summed E-state index contributed by atoms with van der Waals surface area (Å²) in [6.45, 7) is 1.66. The number of fused-ring (bicyclic) bond motifs is 1. The Morgan fingerprint density at radius 3 is 3.00 bits per heavy atom. The number of nitrogens with zero attached hydrogens (tertiary/aromatic N) is 1. The number of rotatable bonds is 6. The number of thiazole rings is 1. The van der Waals surface area contributed by atoms with Gasteiger partial charge in [0.15, 0.2) is 4.34 Å². The Kier molecular flexibility index (Phi) is 6.31. The number of carbonyl (C=O) groups excluding carboxylic acids is 3. The van der Waals surface area contributed by atoms with Gasteiger partial charge in [0.25, 0.3) is 0 Å². The van der Waals surface area contributed by atoms with Gasteiger partial charge in [-0.3, -0.25) is 14.4 Å². The van der Waals surface area contributed by atoms with Crippen molar-refractivity contribution in [2.75, 3.05) is 30.8 Å². The lowest BCUT2D eigenvalue weighted by Crippen LogP contribution is -2.40. The van der Waals surface area contributed by atoms with Crippen molar-refractivity contribution in [1.82, 2.24) is 15.6 Å². The third-order valence-electron chi connectivity index (χ3n) is 4.89. The summed E-state index contributed by atoms with van der Waals surface area (Å²) in [5, 5.41) is 8.62. The van der Waals surface area contributed by atoms with E-state index in [0.717, 1.165) is 21.0 Å². The topological polar surface area (TPSA) is 109 Å². The van der Waals surface area contributed by atoms with Crippen LogP contribution >= 0.6 is 23.1 Å². The minimum absolute atomic E-state index is 0.00424. The zero-order valence-corrected chi connectivity index (χ0v) is 17.4. The highest BCUT2D eigenvalue weighted by atomic mass is 32.2. The van der Waals surface area contributed by atoms with Gasteiger partial charge in [-0.15, -0.1) is 11.3 Å². The predicted octanol–water partition coefficient (Wildman–Crippen LogP) is 1.76.